The highest BCUT2D eigenvalue weighted by Gasteiger charge is 1.98. The molecule has 5 nitrogen and oxygen atoms in total. The van der Waals surface area contributed by atoms with Gasteiger partial charge in [0.25, 0.3) is 0 Å². The Morgan fingerprint density at radius 2 is 1.83 bits per heavy atom. The summed E-state index contributed by atoms with van der Waals surface area (Å²) in [5, 5.41) is 7.78. The van der Waals surface area contributed by atoms with Crippen molar-refractivity contribution in [2.75, 3.05) is 0 Å². The van der Waals surface area contributed by atoms with Gasteiger partial charge in [-0.05, 0) is 18.6 Å². The van der Waals surface area contributed by atoms with Crippen molar-refractivity contribution in [2.24, 2.45) is 5.73 Å². The average Bonchev–Trinajstić information content (AvgIpc) is 2.40. The van der Waals surface area contributed by atoms with Crippen LogP contribution in [-0.4, -0.2) is 17.1 Å². The number of primary amides is 1. The first-order valence-electron chi connectivity index (χ1n) is 5.80. The van der Waals surface area contributed by atoms with E-state index in [9.17, 15) is 9.59 Å². The minimum Gasteiger partial charge on any atom is -0.366 e. The van der Waals surface area contributed by atoms with Crippen LogP contribution in [0, 0.1) is 0 Å². The zero-order valence-electron chi connectivity index (χ0n) is 10.5. The van der Waals surface area contributed by atoms with Gasteiger partial charge in [-0.15, -0.1) is 0 Å². The van der Waals surface area contributed by atoms with Gasteiger partial charge < -0.3 is 10.6 Å². The van der Waals surface area contributed by atoms with Gasteiger partial charge in [0.1, 0.15) is 0 Å². The summed E-state index contributed by atoms with van der Waals surface area (Å²) in [6.45, 7) is 2.05. The van der Waals surface area contributed by atoms with E-state index in [0.717, 1.165) is 19.3 Å². The molecule has 1 amide bonds. The van der Waals surface area contributed by atoms with Crippen molar-refractivity contribution in [3.05, 3.63) is 35.9 Å². The molecule has 0 unspecified atom stereocenters. The van der Waals surface area contributed by atoms with E-state index in [1.807, 2.05) is 13.0 Å². The molecule has 0 atom stereocenters. The second-order valence-corrected chi connectivity index (χ2v) is 3.65. The van der Waals surface area contributed by atoms with Gasteiger partial charge >= 0.3 is 5.97 Å². The zero-order valence-corrected chi connectivity index (χ0v) is 10.5. The number of carbonyl (C=O) groups excluding carboxylic acids is 2. The maximum absolute atomic E-state index is 10.4. The predicted molar refractivity (Wildman–Crippen MR) is 67.8 cm³/mol. The van der Waals surface area contributed by atoms with E-state index in [2.05, 4.69) is 4.89 Å². The molecule has 0 aliphatic carbocycles. The second kappa shape index (κ2) is 10.3. The fraction of sp³-hybridized carbons (Fsp3) is 0.385. The monoisotopic (exact) mass is 253 g/mol. The minimum absolute atomic E-state index is 0.324. The number of amides is 1. The van der Waals surface area contributed by atoms with Crippen LogP contribution in [0.15, 0.2) is 30.3 Å². The van der Waals surface area contributed by atoms with Crippen LogP contribution in [0.3, 0.4) is 0 Å². The number of nitrogens with two attached hydrogens (primary N) is 1. The van der Waals surface area contributed by atoms with E-state index < -0.39 is 5.97 Å². The molecule has 1 aromatic rings. The lowest BCUT2D eigenvalue weighted by Crippen LogP contribution is -2.09. The third-order valence-corrected chi connectivity index (χ3v) is 2.14. The molecule has 0 heterocycles. The predicted octanol–water partition coefficient (Wildman–Crippen LogP) is 2.37. The summed E-state index contributed by atoms with van der Waals surface area (Å²) in [4.78, 5) is 24.1. The highest BCUT2D eigenvalue weighted by molar-refractivity contribution is 5.92. The molecule has 0 aliphatic heterocycles. The molecule has 3 N–H and O–H groups in total. The van der Waals surface area contributed by atoms with Crippen LogP contribution in [0.25, 0.3) is 0 Å². The summed E-state index contributed by atoms with van der Waals surface area (Å²) in [5.74, 6) is -0.918. The Morgan fingerprint density at radius 1 is 1.22 bits per heavy atom. The lowest BCUT2D eigenvalue weighted by molar-refractivity contribution is -0.234. The smallest absolute Gasteiger partial charge is 0.342 e. The zero-order chi connectivity index (χ0) is 13.8. The van der Waals surface area contributed by atoms with Crippen LogP contribution in [0.4, 0.5) is 0 Å². The molecule has 0 saturated heterocycles. The fourth-order valence-electron chi connectivity index (χ4n) is 1.17. The molecule has 0 aromatic heterocycles. The van der Waals surface area contributed by atoms with Crippen LogP contribution >= 0.6 is 0 Å². The van der Waals surface area contributed by atoms with Crippen molar-refractivity contribution < 1.29 is 19.7 Å². The van der Waals surface area contributed by atoms with E-state index in [1.165, 1.54) is 0 Å². The Labute approximate surface area is 106 Å². The van der Waals surface area contributed by atoms with Crippen molar-refractivity contribution in [1.29, 1.82) is 0 Å². The lowest BCUT2D eigenvalue weighted by atomic mass is 10.2. The standard InChI is InChI=1S/C7H7NO.C6H12O3/c8-7(9)6-4-2-1-3-5-6;1-2-3-4-5-6(7)9-8/h1-5H,(H2,8,9);8H,2-5H2,1H3. The summed E-state index contributed by atoms with van der Waals surface area (Å²) >= 11 is 0. The van der Waals surface area contributed by atoms with E-state index in [4.69, 9.17) is 11.0 Å². The Morgan fingerprint density at radius 3 is 2.22 bits per heavy atom. The Balaban J connectivity index is 0.000000321. The number of benzene rings is 1. The van der Waals surface area contributed by atoms with E-state index in [-0.39, 0.29) is 5.91 Å². The highest BCUT2D eigenvalue weighted by atomic mass is 17.1. The molecule has 0 radical (unpaired) electrons. The topological polar surface area (TPSA) is 89.6 Å². The number of carbonyl (C=O) groups is 2. The highest BCUT2D eigenvalue weighted by Crippen LogP contribution is 1.98. The molecule has 0 bridgehead atoms. The van der Waals surface area contributed by atoms with E-state index in [1.54, 1.807) is 24.3 Å². The van der Waals surface area contributed by atoms with Gasteiger partial charge in [-0.3, -0.25) is 4.79 Å². The summed E-state index contributed by atoms with van der Waals surface area (Å²) < 4.78 is 0. The molecule has 1 aromatic carbocycles. The largest absolute Gasteiger partial charge is 0.366 e. The normalized spacial score (nSPS) is 9.00. The van der Waals surface area contributed by atoms with Crippen LogP contribution in [0.1, 0.15) is 43.0 Å². The molecule has 0 saturated carbocycles. The summed E-state index contributed by atoms with van der Waals surface area (Å²) in [6, 6.07) is 8.76. The Kier molecular flexibility index (Phi) is 9.21. The second-order valence-electron chi connectivity index (χ2n) is 3.65. The van der Waals surface area contributed by atoms with Crippen LogP contribution < -0.4 is 5.73 Å². The molecule has 0 fully saturated rings. The third-order valence-electron chi connectivity index (χ3n) is 2.14. The minimum atomic E-state index is -0.538. The summed E-state index contributed by atoms with van der Waals surface area (Å²) in [5.41, 5.74) is 5.53. The SMILES string of the molecule is CCCCCC(=O)OO.NC(=O)c1ccccc1. The first-order chi connectivity index (χ1) is 8.61. The summed E-state index contributed by atoms with van der Waals surface area (Å²) in [7, 11) is 0. The van der Waals surface area contributed by atoms with Gasteiger partial charge in [0, 0.05) is 12.0 Å². The van der Waals surface area contributed by atoms with E-state index in [0.29, 0.717) is 12.0 Å². The van der Waals surface area contributed by atoms with Crippen LogP contribution in [-0.2, 0) is 9.68 Å². The number of rotatable bonds is 5. The first kappa shape index (κ1) is 16.1. The Bertz CT molecular complexity index is 351. The third kappa shape index (κ3) is 8.29. The van der Waals surface area contributed by atoms with E-state index >= 15 is 0 Å². The molecule has 100 valence electrons. The van der Waals surface area contributed by atoms with Crippen molar-refractivity contribution in [2.45, 2.75) is 32.6 Å². The van der Waals surface area contributed by atoms with Crippen LogP contribution in [0.2, 0.25) is 0 Å². The molecule has 18 heavy (non-hydrogen) atoms. The van der Waals surface area contributed by atoms with Gasteiger partial charge in [0.2, 0.25) is 5.91 Å². The molecule has 0 spiro atoms. The maximum Gasteiger partial charge on any atom is 0.342 e. The van der Waals surface area contributed by atoms with Crippen molar-refractivity contribution in [3.8, 4) is 0 Å². The number of hydrogen-bond donors (Lipinski definition) is 2. The van der Waals surface area contributed by atoms with Gasteiger partial charge in [-0.1, -0.05) is 38.0 Å². The van der Waals surface area contributed by atoms with Crippen molar-refractivity contribution >= 4 is 11.9 Å². The maximum atomic E-state index is 10.4. The van der Waals surface area contributed by atoms with Crippen molar-refractivity contribution in [3.63, 3.8) is 0 Å². The quantitative estimate of drug-likeness (QED) is 0.479. The first-order valence-corrected chi connectivity index (χ1v) is 5.80. The molecular weight excluding hydrogens is 234 g/mol. The molecule has 5 heteroatoms. The molecule has 1 rings (SSSR count). The number of hydrogen-bond acceptors (Lipinski definition) is 4. The van der Waals surface area contributed by atoms with Crippen LogP contribution in [0.5, 0.6) is 0 Å². The average molecular weight is 253 g/mol. The molecule has 0 aliphatic rings. The lowest BCUT2D eigenvalue weighted by Gasteiger charge is -1.93. The van der Waals surface area contributed by atoms with Gasteiger partial charge in [0.15, 0.2) is 0 Å². The van der Waals surface area contributed by atoms with Crippen molar-refractivity contribution in [1.82, 2.24) is 0 Å². The van der Waals surface area contributed by atoms with Gasteiger partial charge in [0.05, 0.1) is 0 Å². The fourth-order valence-corrected chi connectivity index (χ4v) is 1.17. The van der Waals surface area contributed by atoms with Gasteiger partial charge in [-0.25, -0.2) is 4.79 Å². The van der Waals surface area contributed by atoms with Gasteiger partial charge in [-0.2, -0.15) is 5.26 Å². The molecular formula is C13H19NO4. The summed E-state index contributed by atoms with van der Waals surface area (Å²) in [6.07, 6.45) is 3.20. The Hall–Kier alpha value is -1.88. The number of unbranched alkanes of at least 4 members (excludes halogenated alkanes) is 2.